The van der Waals surface area contributed by atoms with E-state index in [0.717, 1.165) is 18.8 Å². The van der Waals surface area contributed by atoms with E-state index in [1.54, 1.807) is 0 Å². The Balaban J connectivity index is 2.10. The van der Waals surface area contributed by atoms with Crippen LogP contribution in [0.15, 0.2) is 24.3 Å². The van der Waals surface area contributed by atoms with Gasteiger partial charge in [0.2, 0.25) is 0 Å². The minimum Gasteiger partial charge on any atom is -0.378 e. The molecule has 0 unspecified atom stereocenters. The van der Waals surface area contributed by atoms with Crippen molar-refractivity contribution in [3.05, 3.63) is 29.8 Å². The third kappa shape index (κ3) is 4.21. The van der Waals surface area contributed by atoms with Gasteiger partial charge in [0.1, 0.15) is 0 Å². The molecule has 21 heavy (non-hydrogen) atoms. The summed E-state index contributed by atoms with van der Waals surface area (Å²) in [6.07, 6.45) is 0. The molecule has 114 valence electrons. The Labute approximate surface area is 127 Å². The van der Waals surface area contributed by atoms with Crippen LogP contribution in [0, 0.1) is 11.2 Å². The first-order valence-electron chi connectivity index (χ1n) is 6.87. The molecule has 1 aliphatic rings. The van der Waals surface area contributed by atoms with E-state index in [0.29, 0.717) is 18.7 Å². The van der Waals surface area contributed by atoms with Crippen LogP contribution in [0.25, 0.3) is 0 Å². The number of piperazine rings is 1. The van der Waals surface area contributed by atoms with Crippen molar-refractivity contribution < 1.29 is 8.42 Å². The number of hydrogen-bond acceptors (Lipinski definition) is 4. The summed E-state index contributed by atoms with van der Waals surface area (Å²) < 4.78 is 25.8. The van der Waals surface area contributed by atoms with Gasteiger partial charge in [-0.1, -0.05) is 0 Å². The van der Waals surface area contributed by atoms with E-state index in [1.807, 2.05) is 50.3 Å². The molecule has 1 aliphatic heterocycles. The fourth-order valence-corrected chi connectivity index (χ4v) is 3.08. The molecule has 0 spiro atoms. The van der Waals surface area contributed by atoms with Crippen molar-refractivity contribution in [3.63, 3.8) is 0 Å². The standard InChI is InChI=1S/C15H21N3O2S/c1-16(2)15-6-4-14(5-7-15)8-13-21(19,20)18-11-9-17(3)10-12-18/h4-7H,9-12H2,1-3H3. The van der Waals surface area contributed by atoms with Crippen molar-refractivity contribution in [1.29, 1.82) is 0 Å². The molecule has 0 aromatic heterocycles. The third-order valence-electron chi connectivity index (χ3n) is 3.51. The number of nitrogens with zero attached hydrogens (tertiary/aromatic N) is 3. The molecule has 1 saturated heterocycles. The minimum absolute atomic E-state index is 0.507. The van der Waals surface area contributed by atoms with Crippen LogP contribution in [0.2, 0.25) is 0 Å². The monoisotopic (exact) mass is 307 g/mol. The van der Waals surface area contributed by atoms with E-state index in [1.165, 1.54) is 4.31 Å². The first-order valence-corrected chi connectivity index (χ1v) is 8.31. The van der Waals surface area contributed by atoms with Gasteiger partial charge in [-0.15, -0.1) is 0 Å². The maximum absolute atomic E-state index is 12.2. The lowest BCUT2D eigenvalue weighted by molar-refractivity contribution is 0.224. The average molecular weight is 307 g/mol. The van der Waals surface area contributed by atoms with Gasteiger partial charge in [-0.05, 0) is 37.2 Å². The second-order valence-corrected chi connectivity index (χ2v) is 7.05. The van der Waals surface area contributed by atoms with Gasteiger partial charge in [-0.2, -0.15) is 12.7 Å². The summed E-state index contributed by atoms with van der Waals surface area (Å²) in [5.74, 6) is 2.75. The molecule has 0 bridgehead atoms. The summed E-state index contributed by atoms with van der Waals surface area (Å²) >= 11 is 0. The zero-order valence-electron chi connectivity index (χ0n) is 12.7. The Bertz CT molecular complexity index is 634. The topological polar surface area (TPSA) is 43.9 Å². The summed E-state index contributed by atoms with van der Waals surface area (Å²) in [6, 6.07) is 7.52. The van der Waals surface area contributed by atoms with Gasteiger partial charge in [-0.25, -0.2) is 0 Å². The molecule has 1 aromatic carbocycles. The van der Waals surface area contributed by atoms with Crippen molar-refractivity contribution >= 4 is 15.7 Å². The summed E-state index contributed by atoms with van der Waals surface area (Å²) in [5, 5.41) is 2.42. The molecule has 0 saturated carbocycles. The number of rotatable bonds is 2. The van der Waals surface area contributed by atoms with Gasteiger partial charge < -0.3 is 9.80 Å². The van der Waals surface area contributed by atoms with E-state index in [-0.39, 0.29) is 0 Å². The predicted octanol–water partition coefficient (Wildman–Crippen LogP) is 0.639. The van der Waals surface area contributed by atoms with Crippen molar-refractivity contribution in [2.45, 2.75) is 0 Å². The van der Waals surface area contributed by atoms with Gasteiger partial charge in [0.15, 0.2) is 0 Å². The van der Waals surface area contributed by atoms with Gasteiger partial charge in [0, 0.05) is 56.8 Å². The molecule has 6 heteroatoms. The first kappa shape index (κ1) is 15.8. The van der Waals surface area contributed by atoms with Gasteiger partial charge in [0.05, 0.1) is 0 Å². The Morgan fingerprint density at radius 3 is 2.14 bits per heavy atom. The zero-order valence-corrected chi connectivity index (χ0v) is 13.5. The summed E-state index contributed by atoms with van der Waals surface area (Å²) in [7, 11) is 2.41. The molecular weight excluding hydrogens is 286 g/mol. The van der Waals surface area contributed by atoms with Crippen molar-refractivity contribution in [2.75, 3.05) is 52.2 Å². The molecule has 0 radical (unpaired) electrons. The molecule has 1 heterocycles. The lowest BCUT2D eigenvalue weighted by atomic mass is 10.2. The van der Waals surface area contributed by atoms with Gasteiger partial charge >= 0.3 is 0 Å². The van der Waals surface area contributed by atoms with Crippen LogP contribution >= 0.6 is 0 Å². The molecule has 2 rings (SSSR count). The molecular formula is C15H21N3O2S. The smallest absolute Gasteiger partial charge is 0.283 e. The second kappa shape index (κ2) is 6.48. The summed E-state index contributed by atoms with van der Waals surface area (Å²) in [5.41, 5.74) is 1.76. The number of benzene rings is 1. The fourth-order valence-electron chi connectivity index (χ4n) is 2.06. The minimum atomic E-state index is -3.50. The number of anilines is 1. The number of likely N-dealkylation sites (N-methyl/N-ethyl adjacent to an activating group) is 1. The van der Waals surface area contributed by atoms with E-state index in [2.05, 4.69) is 16.1 Å². The molecule has 5 nitrogen and oxygen atoms in total. The third-order valence-corrected chi connectivity index (χ3v) is 4.92. The first-order chi connectivity index (χ1) is 9.88. The second-order valence-electron chi connectivity index (χ2n) is 5.38. The van der Waals surface area contributed by atoms with Crippen LogP contribution in [-0.4, -0.2) is 64.9 Å². The van der Waals surface area contributed by atoms with Gasteiger partial charge in [0.25, 0.3) is 10.0 Å². The summed E-state index contributed by atoms with van der Waals surface area (Å²) in [4.78, 5) is 4.09. The number of hydrogen-bond donors (Lipinski definition) is 0. The quantitative estimate of drug-likeness (QED) is 0.752. The lowest BCUT2D eigenvalue weighted by Crippen LogP contribution is -2.46. The molecule has 1 fully saturated rings. The van der Waals surface area contributed by atoms with Crippen LogP contribution in [0.4, 0.5) is 5.69 Å². The highest BCUT2D eigenvalue weighted by atomic mass is 32.2. The zero-order chi connectivity index (χ0) is 15.5. The van der Waals surface area contributed by atoms with Gasteiger partial charge in [-0.3, -0.25) is 0 Å². The Morgan fingerprint density at radius 2 is 1.62 bits per heavy atom. The van der Waals surface area contributed by atoms with Crippen LogP contribution < -0.4 is 4.90 Å². The van der Waals surface area contributed by atoms with Crippen LogP contribution in [0.5, 0.6) is 0 Å². The van der Waals surface area contributed by atoms with Crippen LogP contribution in [0.1, 0.15) is 5.56 Å². The van der Waals surface area contributed by atoms with Crippen molar-refractivity contribution in [2.24, 2.45) is 0 Å². The molecule has 0 aliphatic carbocycles. The molecule has 0 atom stereocenters. The van der Waals surface area contributed by atoms with Crippen LogP contribution in [0.3, 0.4) is 0 Å². The van der Waals surface area contributed by atoms with E-state index >= 15 is 0 Å². The Kier molecular flexibility index (Phi) is 4.88. The maximum atomic E-state index is 12.2. The average Bonchev–Trinajstić information content (AvgIpc) is 2.46. The fraction of sp³-hybridized carbons (Fsp3) is 0.467. The number of sulfonamides is 1. The van der Waals surface area contributed by atoms with Crippen molar-refractivity contribution in [3.8, 4) is 11.2 Å². The van der Waals surface area contributed by atoms with Crippen LogP contribution in [-0.2, 0) is 10.0 Å². The van der Waals surface area contributed by atoms with E-state index in [9.17, 15) is 8.42 Å². The van der Waals surface area contributed by atoms with E-state index < -0.39 is 10.0 Å². The maximum Gasteiger partial charge on any atom is 0.283 e. The molecule has 1 aromatic rings. The molecule has 0 amide bonds. The lowest BCUT2D eigenvalue weighted by Gasteiger charge is -2.29. The van der Waals surface area contributed by atoms with E-state index in [4.69, 9.17) is 0 Å². The highest BCUT2D eigenvalue weighted by molar-refractivity contribution is 7.93. The highest BCUT2D eigenvalue weighted by Gasteiger charge is 2.23. The van der Waals surface area contributed by atoms with Crippen molar-refractivity contribution in [1.82, 2.24) is 9.21 Å². The predicted molar refractivity (Wildman–Crippen MR) is 85.6 cm³/mol. The SMILES string of the molecule is CN1CCN(S(=O)(=O)C#Cc2ccc(N(C)C)cc2)CC1. The Hall–Kier alpha value is -1.55. The normalized spacial score (nSPS) is 17.1. The Morgan fingerprint density at radius 1 is 1.05 bits per heavy atom. The molecule has 0 N–H and O–H groups in total. The largest absolute Gasteiger partial charge is 0.378 e. The summed E-state index contributed by atoms with van der Waals surface area (Å²) in [6.45, 7) is 2.51. The highest BCUT2D eigenvalue weighted by Crippen LogP contribution is 2.12.